The summed E-state index contributed by atoms with van der Waals surface area (Å²) in [6.45, 7) is 0. The zero-order chi connectivity index (χ0) is 12.5. The number of nitrogen functional groups attached to an aromatic ring is 1. The lowest BCUT2D eigenvalue weighted by Gasteiger charge is -2.08. The molecule has 0 aliphatic heterocycles. The van der Waals surface area contributed by atoms with E-state index >= 15 is 0 Å². The van der Waals surface area contributed by atoms with Gasteiger partial charge in [-0.1, -0.05) is 11.6 Å². The van der Waals surface area contributed by atoms with Gasteiger partial charge in [0.05, 0.1) is 23.9 Å². The number of sulfonamides is 1. The van der Waals surface area contributed by atoms with E-state index in [0.29, 0.717) is 5.02 Å². The summed E-state index contributed by atoms with van der Waals surface area (Å²) in [6.07, 6.45) is 2.48. The highest BCUT2D eigenvalue weighted by molar-refractivity contribution is 7.92. The fourth-order valence-electron chi connectivity index (χ4n) is 1.22. The van der Waals surface area contributed by atoms with Crippen LogP contribution in [0, 0.1) is 0 Å². The second-order valence-electron chi connectivity index (χ2n) is 3.25. The van der Waals surface area contributed by atoms with Crippen LogP contribution in [0.2, 0.25) is 5.02 Å². The fourth-order valence-corrected chi connectivity index (χ4v) is 2.39. The molecule has 17 heavy (non-hydrogen) atoms. The second-order valence-corrected chi connectivity index (χ2v) is 5.34. The van der Waals surface area contributed by atoms with Crippen LogP contribution in [0.25, 0.3) is 0 Å². The molecule has 0 saturated carbocycles. The number of nitrogens with zero attached hydrogens (tertiary/aromatic N) is 1. The number of H-pyrrole nitrogens is 1. The Balaban J connectivity index is 2.33. The van der Waals surface area contributed by atoms with E-state index in [0.717, 1.165) is 0 Å². The topological polar surface area (TPSA) is 101 Å². The van der Waals surface area contributed by atoms with Gasteiger partial charge in [-0.05, 0) is 18.2 Å². The fraction of sp³-hybridized carbons (Fsp3) is 0. The smallest absolute Gasteiger partial charge is 0.279 e. The third-order valence-electron chi connectivity index (χ3n) is 2.02. The van der Waals surface area contributed by atoms with Crippen molar-refractivity contribution < 1.29 is 8.42 Å². The molecule has 1 aromatic carbocycles. The van der Waals surface area contributed by atoms with Crippen molar-refractivity contribution in [2.24, 2.45) is 0 Å². The molecule has 0 radical (unpaired) electrons. The number of hydrogen-bond acceptors (Lipinski definition) is 4. The van der Waals surface area contributed by atoms with Crippen LogP contribution in [-0.2, 0) is 10.0 Å². The van der Waals surface area contributed by atoms with Gasteiger partial charge in [0.15, 0.2) is 5.03 Å². The molecular formula is C9H9ClN4O2S. The van der Waals surface area contributed by atoms with E-state index < -0.39 is 10.0 Å². The average molecular weight is 273 g/mol. The minimum atomic E-state index is -3.70. The van der Waals surface area contributed by atoms with E-state index in [1.54, 1.807) is 6.07 Å². The van der Waals surface area contributed by atoms with E-state index in [1.807, 2.05) is 0 Å². The molecule has 0 amide bonds. The average Bonchev–Trinajstić information content (AvgIpc) is 2.76. The highest BCUT2D eigenvalue weighted by Gasteiger charge is 2.16. The number of aromatic nitrogens is 2. The molecule has 0 aliphatic carbocycles. The van der Waals surface area contributed by atoms with Gasteiger partial charge in [-0.15, -0.1) is 0 Å². The number of nitrogens with two attached hydrogens (primary N) is 1. The first-order valence-electron chi connectivity index (χ1n) is 4.55. The van der Waals surface area contributed by atoms with Crippen molar-refractivity contribution in [2.75, 3.05) is 10.5 Å². The van der Waals surface area contributed by atoms with Crippen LogP contribution in [0.15, 0.2) is 35.7 Å². The van der Waals surface area contributed by atoms with Crippen LogP contribution in [0.3, 0.4) is 0 Å². The highest BCUT2D eigenvalue weighted by Crippen LogP contribution is 2.24. The summed E-state index contributed by atoms with van der Waals surface area (Å²) < 4.78 is 26.0. The summed E-state index contributed by atoms with van der Waals surface area (Å²) in [7, 11) is -3.70. The van der Waals surface area contributed by atoms with Crippen molar-refractivity contribution in [3.05, 3.63) is 35.7 Å². The lowest BCUT2D eigenvalue weighted by atomic mass is 10.3. The Morgan fingerprint density at radius 1 is 1.41 bits per heavy atom. The number of imidazole rings is 1. The number of aromatic amines is 1. The van der Waals surface area contributed by atoms with Gasteiger partial charge in [-0.3, -0.25) is 4.72 Å². The maximum atomic E-state index is 11.8. The summed E-state index contributed by atoms with van der Waals surface area (Å²) in [4.78, 5) is 6.14. The Labute approximate surface area is 103 Å². The van der Waals surface area contributed by atoms with Crippen LogP contribution < -0.4 is 10.5 Å². The molecule has 2 aromatic rings. The molecule has 4 N–H and O–H groups in total. The van der Waals surface area contributed by atoms with E-state index in [-0.39, 0.29) is 16.4 Å². The largest absolute Gasteiger partial charge is 0.397 e. The Morgan fingerprint density at radius 2 is 2.18 bits per heavy atom. The molecule has 0 spiro atoms. The molecule has 0 fully saturated rings. The Hall–Kier alpha value is -1.73. The van der Waals surface area contributed by atoms with E-state index in [4.69, 9.17) is 17.3 Å². The normalized spacial score (nSPS) is 11.4. The summed E-state index contributed by atoms with van der Waals surface area (Å²) in [5, 5.41) is 0.402. The van der Waals surface area contributed by atoms with Crippen molar-refractivity contribution in [3.63, 3.8) is 0 Å². The number of rotatable bonds is 3. The highest BCUT2D eigenvalue weighted by atomic mass is 35.5. The van der Waals surface area contributed by atoms with Crippen LogP contribution in [0.5, 0.6) is 0 Å². The number of halogens is 1. The van der Waals surface area contributed by atoms with Gasteiger partial charge in [0, 0.05) is 5.02 Å². The monoisotopic (exact) mass is 272 g/mol. The number of nitrogens with one attached hydrogen (secondary N) is 2. The lowest BCUT2D eigenvalue weighted by Crippen LogP contribution is -2.14. The third kappa shape index (κ3) is 2.51. The molecule has 0 atom stereocenters. The standard InChI is InChI=1S/C9H9ClN4O2S/c10-6-1-2-8(7(11)3-6)14-17(15,16)9-4-12-5-13-9/h1-5,14H,11H2,(H,12,13). The maximum absolute atomic E-state index is 11.8. The zero-order valence-corrected chi connectivity index (χ0v) is 10.1. The molecule has 0 saturated heterocycles. The quantitative estimate of drug-likeness (QED) is 0.736. The van der Waals surface area contributed by atoms with Gasteiger partial charge in [-0.25, -0.2) is 4.98 Å². The van der Waals surface area contributed by atoms with Gasteiger partial charge in [0.25, 0.3) is 10.0 Å². The molecule has 8 heteroatoms. The van der Waals surface area contributed by atoms with Gasteiger partial charge in [-0.2, -0.15) is 8.42 Å². The van der Waals surface area contributed by atoms with Gasteiger partial charge >= 0.3 is 0 Å². The Morgan fingerprint density at radius 3 is 2.76 bits per heavy atom. The number of hydrogen-bond donors (Lipinski definition) is 3. The van der Waals surface area contributed by atoms with Gasteiger partial charge in [0.1, 0.15) is 0 Å². The Kier molecular flexibility index (Phi) is 2.95. The van der Waals surface area contributed by atoms with Crippen LogP contribution >= 0.6 is 11.6 Å². The van der Waals surface area contributed by atoms with Gasteiger partial charge in [0.2, 0.25) is 0 Å². The second kappa shape index (κ2) is 4.27. The van der Waals surface area contributed by atoms with Crippen LogP contribution in [0.4, 0.5) is 11.4 Å². The van der Waals surface area contributed by atoms with Crippen molar-refractivity contribution in [1.29, 1.82) is 0 Å². The summed E-state index contributed by atoms with van der Waals surface area (Å²) in [6, 6.07) is 4.50. The number of anilines is 2. The molecule has 2 rings (SSSR count). The summed E-state index contributed by atoms with van der Waals surface area (Å²) in [5.41, 5.74) is 6.16. The number of benzene rings is 1. The maximum Gasteiger partial charge on any atom is 0.279 e. The van der Waals surface area contributed by atoms with Crippen molar-refractivity contribution >= 4 is 33.0 Å². The summed E-state index contributed by atoms with van der Waals surface area (Å²) >= 11 is 5.71. The molecule has 0 aliphatic rings. The zero-order valence-electron chi connectivity index (χ0n) is 8.51. The van der Waals surface area contributed by atoms with E-state index in [9.17, 15) is 8.42 Å². The molecular weight excluding hydrogens is 264 g/mol. The van der Waals surface area contributed by atoms with Crippen molar-refractivity contribution in [2.45, 2.75) is 5.03 Å². The minimum Gasteiger partial charge on any atom is -0.397 e. The molecule has 0 unspecified atom stereocenters. The molecule has 0 bridgehead atoms. The van der Waals surface area contributed by atoms with Crippen LogP contribution in [-0.4, -0.2) is 18.4 Å². The van der Waals surface area contributed by atoms with E-state index in [1.165, 1.54) is 24.7 Å². The lowest BCUT2D eigenvalue weighted by molar-refractivity contribution is 0.598. The first-order valence-corrected chi connectivity index (χ1v) is 6.41. The molecule has 1 heterocycles. The molecule has 90 valence electrons. The van der Waals surface area contributed by atoms with Gasteiger partial charge < -0.3 is 10.7 Å². The van der Waals surface area contributed by atoms with Crippen LogP contribution in [0.1, 0.15) is 0 Å². The first kappa shape index (κ1) is 11.7. The predicted molar refractivity (Wildman–Crippen MR) is 65.3 cm³/mol. The SMILES string of the molecule is Nc1cc(Cl)ccc1NS(=O)(=O)c1cnc[nH]1. The van der Waals surface area contributed by atoms with E-state index in [2.05, 4.69) is 14.7 Å². The predicted octanol–water partition coefficient (Wildman–Crippen LogP) is 1.45. The third-order valence-corrected chi connectivity index (χ3v) is 3.55. The minimum absolute atomic E-state index is 0.0353. The van der Waals surface area contributed by atoms with Crippen molar-refractivity contribution in [3.8, 4) is 0 Å². The first-order chi connectivity index (χ1) is 7.99. The Bertz CT molecular complexity index is 624. The van der Waals surface area contributed by atoms with Crippen molar-refractivity contribution in [1.82, 2.24) is 9.97 Å². The molecule has 1 aromatic heterocycles. The summed E-state index contributed by atoms with van der Waals surface area (Å²) in [5.74, 6) is 0. The molecule has 6 nitrogen and oxygen atoms in total.